The summed E-state index contributed by atoms with van der Waals surface area (Å²) in [5.41, 5.74) is 1.51. The minimum Gasteiger partial charge on any atom is -0.497 e. The van der Waals surface area contributed by atoms with E-state index >= 15 is 0 Å². The van der Waals surface area contributed by atoms with Crippen molar-refractivity contribution in [3.05, 3.63) is 54.3 Å². The van der Waals surface area contributed by atoms with Crippen molar-refractivity contribution in [2.45, 2.75) is 12.1 Å². The van der Waals surface area contributed by atoms with Gasteiger partial charge in [0.05, 0.1) is 30.7 Å². The Hall–Kier alpha value is -2.19. The van der Waals surface area contributed by atoms with Crippen LogP contribution in [0.5, 0.6) is 5.75 Å². The van der Waals surface area contributed by atoms with Crippen LogP contribution in [-0.2, 0) is 9.84 Å². The first-order chi connectivity index (χ1) is 12.4. The summed E-state index contributed by atoms with van der Waals surface area (Å²) in [6.07, 6.45) is 0. The average molecular weight is 392 g/mol. The quantitative estimate of drug-likeness (QED) is 0.749. The van der Waals surface area contributed by atoms with Gasteiger partial charge in [0.1, 0.15) is 11.6 Å². The molecule has 2 unspecified atom stereocenters. The van der Waals surface area contributed by atoms with Crippen molar-refractivity contribution in [3.63, 3.8) is 0 Å². The lowest BCUT2D eigenvalue weighted by Gasteiger charge is -2.25. The number of hydrogen-bond donors (Lipinski definition) is 0. The molecule has 0 aliphatic carbocycles. The molecule has 2 aliphatic rings. The van der Waals surface area contributed by atoms with Crippen molar-refractivity contribution in [2.75, 3.05) is 28.4 Å². The van der Waals surface area contributed by atoms with Gasteiger partial charge in [-0.3, -0.25) is 0 Å². The average Bonchev–Trinajstić information content (AvgIpc) is 3.05. The van der Waals surface area contributed by atoms with Crippen LogP contribution in [0.1, 0.15) is 0 Å². The van der Waals surface area contributed by atoms with Gasteiger partial charge in [-0.1, -0.05) is 0 Å². The Balaban J connectivity index is 1.77. The molecular formula is C18H17FN2O3S2. The van der Waals surface area contributed by atoms with Crippen LogP contribution in [0.25, 0.3) is 0 Å². The smallest absolute Gasteiger partial charge is 0.181 e. The highest BCUT2D eigenvalue weighted by molar-refractivity contribution is 7.91. The van der Waals surface area contributed by atoms with Crippen molar-refractivity contribution < 1.29 is 17.5 Å². The zero-order chi connectivity index (χ0) is 18.5. The van der Waals surface area contributed by atoms with Crippen LogP contribution in [0.2, 0.25) is 0 Å². The first kappa shape index (κ1) is 17.2. The van der Waals surface area contributed by atoms with Gasteiger partial charge in [0, 0.05) is 11.4 Å². The Bertz CT molecular complexity index is 945. The van der Waals surface area contributed by atoms with Crippen LogP contribution in [-0.4, -0.2) is 44.2 Å². The molecule has 0 N–H and O–H groups in total. The number of nitrogens with zero attached hydrogens (tertiary/aromatic N) is 2. The second kappa shape index (κ2) is 6.21. The second-order valence-corrected chi connectivity index (χ2v) is 8.93. The van der Waals surface area contributed by atoms with E-state index in [1.807, 2.05) is 34.1 Å². The summed E-state index contributed by atoms with van der Waals surface area (Å²) in [6, 6.07) is 12.8. The minimum atomic E-state index is -3.17. The number of thiocarbonyl (C=S) groups is 1. The van der Waals surface area contributed by atoms with Crippen molar-refractivity contribution in [2.24, 2.45) is 0 Å². The largest absolute Gasteiger partial charge is 0.497 e. The molecule has 8 heteroatoms. The Morgan fingerprint density at radius 2 is 1.42 bits per heavy atom. The van der Waals surface area contributed by atoms with E-state index in [1.54, 1.807) is 19.2 Å². The number of ether oxygens (including phenoxy) is 1. The second-order valence-electron chi connectivity index (χ2n) is 6.41. The third-order valence-corrected chi connectivity index (χ3v) is 6.92. The van der Waals surface area contributed by atoms with E-state index in [1.165, 1.54) is 12.1 Å². The van der Waals surface area contributed by atoms with Gasteiger partial charge in [-0.15, -0.1) is 0 Å². The SMILES string of the molecule is COc1ccc(N2C(=S)N(c3ccc(F)cc3)C3CS(=O)(=O)CC32)cc1. The van der Waals surface area contributed by atoms with Crippen molar-refractivity contribution in [1.82, 2.24) is 0 Å². The Kier molecular flexibility index (Phi) is 4.11. The first-order valence-electron chi connectivity index (χ1n) is 8.12. The molecule has 0 spiro atoms. The maximum atomic E-state index is 13.3. The molecule has 2 heterocycles. The predicted octanol–water partition coefficient (Wildman–Crippen LogP) is 2.61. The molecular weight excluding hydrogens is 375 g/mol. The van der Waals surface area contributed by atoms with Crippen LogP contribution in [0.15, 0.2) is 48.5 Å². The summed E-state index contributed by atoms with van der Waals surface area (Å²) in [7, 11) is -1.58. The van der Waals surface area contributed by atoms with Gasteiger partial charge in [0.15, 0.2) is 14.9 Å². The fourth-order valence-electron chi connectivity index (χ4n) is 3.65. The maximum Gasteiger partial charge on any atom is 0.181 e. The zero-order valence-corrected chi connectivity index (χ0v) is 15.6. The summed E-state index contributed by atoms with van der Waals surface area (Å²) in [5.74, 6) is 0.440. The van der Waals surface area contributed by atoms with Crippen LogP contribution >= 0.6 is 12.2 Å². The van der Waals surface area contributed by atoms with Gasteiger partial charge in [0.2, 0.25) is 0 Å². The monoisotopic (exact) mass is 392 g/mol. The number of fused-ring (bicyclic) bond motifs is 1. The van der Waals surface area contributed by atoms with Crippen molar-refractivity contribution in [1.29, 1.82) is 0 Å². The summed E-state index contributed by atoms with van der Waals surface area (Å²) in [4.78, 5) is 3.71. The lowest BCUT2D eigenvalue weighted by atomic mass is 10.1. The molecule has 2 atom stereocenters. The fourth-order valence-corrected chi connectivity index (χ4v) is 6.05. The highest BCUT2D eigenvalue weighted by Crippen LogP contribution is 2.38. The Morgan fingerprint density at radius 3 is 1.88 bits per heavy atom. The molecule has 0 aromatic heterocycles. The maximum absolute atomic E-state index is 13.3. The van der Waals surface area contributed by atoms with Gasteiger partial charge >= 0.3 is 0 Å². The van der Waals surface area contributed by atoms with Crippen LogP contribution in [0, 0.1) is 5.82 Å². The molecule has 136 valence electrons. The summed E-state index contributed by atoms with van der Waals surface area (Å²) < 4.78 is 43.1. The van der Waals surface area contributed by atoms with E-state index in [4.69, 9.17) is 17.0 Å². The van der Waals surface area contributed by atoms with Gasteiger partial charge in [-0.25, -0.2) is 12.8 Å². The Labute approximate surface area is 156 Å². The zero-order valence-electron chi connectivity index (χ0n) is 14.0. The van der Waals surface area contributed by atoms with E-state index in [-0.39, 0.29) is 29.4 Å². The van der Waals surface area contributed by atoms with Gasteiger partial charge in [0.25, 0.3) is 0 Å². The van der Waals surface area contributed by atoms with Gasteiger partial charge in [-0.2, -0.15) is 0 Å². The van der Waals surface area contributed by atoms with E-state index in [0.717, 1.165) is 5.69 Å². The molecule has 0 saturated carbocycles. The predicted molar refractivity (Wildman–Crippen MR) is 103 cm³/mol. The minimum absolute atomic E-state index is 0.0296. The lowest BCUT2D eigenvalue weighted by Crippen LogP contribution is -2.37. The van der Waals surface area contributed by atoms with Gasteiger partial charge in [-0.05, 0) is 60.7 Å². The molecule has 2 aromatic rings. The van der Waals surface area contributed by atoms with Crippen LogP contribution < -0.4 is 14.5 Å². The molecule has 2 aromatic carbocycles. The Morgan fingerprint density at radius 1 is 0.962 bits per heavy atom. The lowest BCUT2D eigenvalue weighted by molar-refractivity contribution is 0.415. The first-order valence-corrected chi connectivity index (χ1v) is 10.3. The number of benzene rings is 2. The topological polar surface area (TPSA) is 49.9 Å². The molecule has 4 rings (SSSR count). The van der Waals surface area contributed by atoms with Crippen molar-refractivity contribution in [3.8, 4) is 5.75 Å². The van der Waals surface area contributed by atoms with E-state index in [2.05, 4.69) is 0 Å². The highest BCUT2D eigenvalue weighted by atomic mass is 32.2. The van der Waals surface area contributed by atoms with E-state index in [9.17, 15) is 12.8 Å². The summed E-state index contributed by atoms with van der Waals surface area (Å²) >= 11 is 5.68. The molecule has 2 saturated heterocycles. The summed E-state index contributed by atoms with van der Waals surface area (Å²) in [6.45, 7) is 0. The molecule has 2 aliphatic heterocycles. The molecule has 0 bridgehead atoms. The van der Waals surface area contributed by atoms with E-state index in [0.29, 0.717) is 16.5 Å². The van der Waals surface area contributed by atoms with E-state index < -0.39 is 9.84 Å². The number of hydrogen-bond acceptors (Lipinski definition) is 4. The number of sulfone groups is 1. The number of methoxy groups -OCH3 is 1. The molecule has 2 fully saturated rings. The molecule has 0 amide bonds. The standard InChI is InChI=1S/C18H17FN2O3S2/c1-24-15-8-6-14(7-9-15)21-17-11-26(22,23)10-16(17)20(18(21)25)13-4-2-12(19)3-5-13/h2-9,16-17H,10-11H2,1H3. The molecule has 5 nitrogen and oxygen atoms in total. The number of halogens is 1. The van der Waals surface area contributed by atoms with Crippen LogP contribution in [0.3, 0.4) is 0 Å². The number of rotatable bonds is 3. The molecule has 0 radical (unpaired) electrons. The third-order valence-electron chi connectivity index (χ3n) is 4.82. The molecule has 26 heavy (non-hydrogen) atoms. The third kappa shape index (κ3) is 2.83. The normalized spacial score (nSPS) is 24.0. The number of anilines is 2. The van der Waals surface area contributed by atoms with Gasteiger partial charge < -0.3 is 14.5 Å². The highest BCUT2D eigenvalue weighted by Gasteiger charge is 2.52. The summed E-state index contributed by atoms with van der Waals surface area (Å²) in [5, 5.41) is 0.520. The fraction of sp³-hybridized carbons (Fsp3) is 0.278. The van der Waals surface area contributed by atoms with Crippen molar-refractivity contribution >= 4 is 38.5 Å². The van der Waals surface area contributed by atoms with Crippen LogP contribution in [0.4, 0.5) is 15.8 Å².